The Morgan fingerprint density at radius 2 is 1.13 bits per heavy atom. The van der Waals surface area contributed by atoms with E-state index in [0.29, 0.717) is 0 Å². The summed E-state index contributed by atoms with van der Waals surface area (Å²) in [6, 6.07) is 37.9. The molecule has 2 N–H and O–H groups in total. The summed E-state index contributed by atoms with van der Waals surface area (Å²) in [5, 5.41) is 6.63. The standard InChI is InChI=1S/C28H26N2O/c1-21(29-27(23-15-7-3-8-16-23)24-17-9-4-10-18-24)28(31)30-26-20-12-11-19-25(26)22-13-5-2-6-14-22/h2-21,27,29H,1H3,(H,30,31). The highest BCUT2D eigenvalue weighted by Crippen LogP contribution is 2.28. The fraction of sp³-hybridized carbons (Fsp3) is 0.107. The van der Waals surface area contributed by atoms with E-state index in [2.05, 4.69) is 34.9 Å². The average molecular weight is 407 g/mol. The summed E-state index contributed by atoms with van der Waals surface area (Å²) >= 11 is 0. The zero-order valence-corrected chi connectivity index (χ0v) is 17.5. The van der Waals surface area contributed by atoms with Crippen LogP contribution in [-0.2, 0) is 4.79 Å². The normalized spacial score (nSPS) is 11.8. The molecule has 31 heavy (non-hydrogen) atoms. The first-order valence-electron chi connectivity index (χ1n) is 10.5. The fourth-order valence-electron chi connectivity index (χ4n) is 3.70. The summed E-state index contributed by atoms with van der Waals surface area (Å²) in [4.78, 5) is 13.1. The predicted molar refractivity (Wildman–Crippen MR) is 128 cm³/mol. The van der Waals surface area contributed by atoms with Gasteiger partial charge in [0.15, 0.2) is 0 Å². The molecule has 4 aromatic carbocycles. The molecule has 0 aliphatic rings. The summed E-state index contributed by atoms with van der Waals surface area (Å²) in [5.41, 5.74) is 5.14. The molecule has 154 valence electrons. The van der Waals surface area contributed by atoms with E-state index < -0.39 is 6.04 Å². The quantitative estimate of drug-likeness (QED) is 0.392. The maximum Gasteiger partial charge on any atom is 0.241 e. The lowest BCUT2D eigenvalue weighted by Gasteiger charge is -2.24. The molecule has 0 saturated heterocycles. The van der Waals surface area contributed by atoms with Gasteiger partial charge in [-0.1, -0.05) is 109 Å². The van der Waals surface area contributed by atoms with E-state index in [1.807, 2.05) is 97.9 Å². The summed E-state index contributed by atoms with van der Waals surface area (Å²) in [7, 11) is 0. The molecule has 0 radical (unpaired) electrons. The lowest BCUT2D eigenvalue weighted by Crippen LogP contribution is -2.40. The molecular weight excluding hydrogens is 380 g/mol. The third-order valence-corrected chi connectivity index (χ3v) is 5.35. The van der Waals surface area contributed by atoms with E-state index in [0.717, 1.165) is 27.9 Å². The average Bonchev–Trinajstić information content (AvgIpc) is 2.84. The van der Waals surface area contributed by atoms with Gasteiger partial charge < -0.3 is 5.32 Å². The number of para-hydroxylation sites is 1. The van der Waals surface area contributed by atoms with E-state index in [1.165, 1.54) is 0 Å². The van der Waals surface area contributed by atoms with Crippen molar-refractivity contribution >= 4 is 11.6 Å². The van der Waals surface area contributed by atoms with Crippen molar-refractivity contribution in [1.29, 1.82) is 0 Å². The number of amides is 1. The SMILES string of the molecule is CC(NC(c1ccccc1)c1ccccc1)C(=O)Nc1ccccc1-c1ccccc1. The molecule has 3 heteroatoms. The molecule has 0 aliphatic carbocycles. The molecule has 1 atom stereocenters. The topological polar surface area (TPSA) is 41.1 Å². The van der Waals surface area contributed by atoms with Crippen LogP contribution in [0.4, 0.5) is 5.69 Å². The Kier molecular flexibility index (Phi) is 6.56. The number of carbonyl (C=O) groups excluding carboxylic acids is 1. The van der Waals surface area contributed by atoms with Gasteiger partial charge in [-0.3, -0.25) is 10.1 Å². The van der Waals surface area contributed by atoms with E-state index in [-0.39, 0.29) is 11.9 Å². The van der Waals surface area contributed by atoms with Gasteiger partial charge >= 0.3 is 0 Å². The van der Waals surface area contributed by atoms with E-state index in [1.54, 1.807) is 0 Å². The summed E-state index contributed by atoms with van der Waals surface area (Å²) in [6.45, 7) is 1.90. The number of hydrogen-bond donors (Lipinski definition) is 2. The molecule has 1 unspecified atom stereocenters. The van der Waals surface area contributed by atoms with Crippen LogP contribution in [0.3, 0.4) is 0 Å². The van der Waals surface area contributed by atoms with Crippen LogP contribution in [0.5, 0.6) is 0 Å². The number of nitrogens with one attached hydrogen (secondary N) is 2. The highest BCUT2D eigenvalue weighted by atomic mass is 16.2. The van der Waals surface area contributed by atoms with Crippen molar-refractivity contribution in [3.8, 4) is 11.1 Å². The van der Waals surface area contributed by atoms with Crippen LogP contribution in [0.15, 0.2) is 115 Å². The number of rotatable bonds is 7. The van der Waals surface area contributed by atoms with Crippen molar-refractivity contribution in [3.05, 3.63) is 126 Å². The van der Waals surface area contributed by atoms with Gasteiger partial charge in [0.1, 0.15) is 0 Å². The molecule has 0 heterocycles. The zero-order chi connectivity index (χ0) is 21.5. The number of hydrogen-bond acceptors (Lipinski definition) is 2. The van der Waals surface area contributed by atoms with Gasteiger partial charge in [0.05, 0.1) is 12.1 Å². The van der Waals surface area contributed by atoms with Crippen LogP contribution in [0.1, 0.15) is 24.1 Å². The van der Waals surface area contributed by atoms with Crippen LogP contribution in [0, 0.1) is 0 Å². The lowest BCUT2D eigenvalue weighted by atomic mass is 9.98. The molecule has 0 bridgehead atoms. The summed E-state index contributed by atoms with van der Waals surface area (Å²) < 4.78 is 0. The second-order valence-corrected chi connectivity index (χ2v) is 7.54. The minimum Gasteiger partial charge on any atom is -0.324 e. The second kappa shape index (κ2) is 9.88. The van der Waals surface area contributed by atoms with Crippen molar-refractivity contribution in [2.75, 3.05) is 5.32 Å². The van der Waals surface area contributed by atoms with Crippen LogP contribution in [-0.4, -0.2) is 11.9 Å². The van der Waals surface area contributed by atoms with Gasteiger partial charge in [-0.2, -0.15) is 0 Å². The molecule has 3 nitrogen and oxygen atoms in total. The monoisotopic (exact) mass is 406 g/mol. The molecular formula is C28H26N2O. The van der Waals surface area contributed by atoms with Gasteiger partial charge in [-0.15, -0.1) is 0 Å². The van der Waals surface area contributed by atoms with Crippen LogP contribution < -0.4 is 10.6 Å². The van der Waals surface area contributed by atoms with E-state index in [9.17, 15) is 4.79 Å². The van der Waals surface area contributed by atoms with Crippen molar-refractivity contribution in [1.82, 2.24) is 5.32 Å². The van der Waals surface area contributed by atoms with Crippen LogP contribution >= 0.6 is 0 Å². The Bertz CT molecular complexity index is 1070. The smallest absolute Gasteiger partial charge is 0.241 e. The van der Waals surface area contributed by atoms with Gasteiger partial charge in [-0.05, 0) is 29.7 Å². The summed E-state index contributed by atoms with van der Waals surface area (Å²) in [5.74, 6) is -0.0692. The van der Waals surface area contributed by atoms with Gasteiger partial charge in [-0.25, -0.2) is 0 Å². The Morgan fingerprint density at radius 3 is 1.71 bits per heavy atom. The van der Waals surface area contributed by atoms with Gasteiger partial charge in [0.2, 0.25) is 5.91 Å². The maximum atomic E-state index is 13.1. The molecule has 0 fully saturated rings. The minimum absolute atomic E-state index is 0.0692. The fourth-order valence-corrected chi connectivity index (χ4v) is 3.70. The zero-order valence-electron chi connectivity index (χ0n) is 17.5. The highest BCUT2D eigenvalue weighted by molar-refractivity contribution is 5.98. The third-order valence-electron chi connectivity index (χ3n) is 5.35. The van der Waals surface area contributed by atoms with Gasteiger partial charge in [0, 0.05) is 11.3 Å². The number of anilines is 1. The molecule has 0 saturated carbocycles. The lowest BCUT2D eigenvalue weighted by molar-refractivity contribution is -0.117. The molecule has 4 rings (SSSR count). The second-order valence-electron chi connectivity index (χ2n) is 7.54. The molecule has 0 aromatic heterocycles. The Hall–Kier alpha value is -3.69. The van der Waals surface area contributed by atoms with Crippen molar-refractivity contribution in [3.63, 3.8) is 0 Å². The Morgan fingerprint density at radius 1 is 0.645 bits per heavy atom. The van der Waals surface area contributed by atoms with Crippen LogP contribution in [0.2, 0.25) is 0 Å². The van der Waals surface area contributed by atoms with E-state index in [4.69, 9.17) is 0 Å². The highest BCUT2D eigenvalue weighted by Gasteiger charge is 2.21. The first-order valence-corrected chi connectivity index (χ1v) is 10.5. The van der Waals surface area contributed by atoms with Crippen molar-refractivity contribution < 1.29 is 4.79 Å². The van der Waals surface area contributed by atoms with Crippen LogP contribution in [0.25, 0.3) is 11.1 Å². The predicted octanol–water partition coefficient (Wildman–Crippen LogP) is 6.06. The van der Waals surface area contributed by atoms with Gasteiger partial charge in [0.25, 0.3) is 0 Å². The molecule has 4 aromatic rings. The number of benzene rings is 4. The Labute approximate surface area is 183 Å². The summed E-state index contributed by atoms with van der Waals surface area (Å²) in [6.07, 6.45) is 0. The maximum absolute atomic E-state index is 13.1. The van der Waals surface area contributed by atoms with Crippen molar-refractivity contribution in [2.24, 2.45) is 0 Å². The molecule has 1 amide bonds. The molecule has 0 aliphatic heterocycles. The first-order chi connectivity index (χ1) is 15.2. The van der Waals surface area contributed by atoms with E-state index >= 15 is 0 Å². The Balaban J connectivity index is 1.54. The largest absolute Gasteiger partial charge is 0.324 e. The first kappa shape index (κ1) is 20.6. The third kappa shape index (κ3) is 5.08. The van der Waals surface area contributed by atoms with Crippen molar-refractivity contribution in [2.45, 2.75) is 19.0 Å². The number of carbonyl (C=O) groups is 1. The minimum atomic E-state index is -0.394. The molecule has 0 spiro atoms.